The zero-order valence-electron chi connectivity index (χ0n) is 13.0. The Balaban J connectivity index is 1.77. The van der Waals surface area contributed by atoms with Gasteiger partial charge in [0.1, 0.15) is 5.75 Å². The maximum Gasteiger partial charge on any atom is 0.224 e. The van der Waals surface area contributed by atoms with Crippen LogP contribution in [0.15, 0.2) is 53.4 Å². The first-order chi connectivity index (χ1) is 10.7. The zero-order chi connectivity index (χ0) is 15.8. The summed E-state index contributed by atoms with van der Waals surface area (Å²) in [6, 6.07) is 16.0. The summed E-state index contributed by atoms with van der Waals surface area (Å²) in [4.78, 5) is 13.3. The number of methoxy groups -OCH3 is 1. The molecular weight excluding hydrogens is 294 g/mol. The smallest absolute Gasteiger partial charge is 0.224 e. The van der Waals surface area contributed by atoms with Crippen LogP contribution in [0.25, 0.3) is 0 Å². The third kappa shape index (κ3) is 5.11. The summed E-state index contributed by atoms with van der Waals surface area (Å²) in [5.41, 5.74) is 1.83. The monoisotopic (exact) mass is 315 g/mol. The molecule has 0 aliphatic rings. The van der Waals surface area contributed by atoms with Gasteiger partial charge < -0.3 is 10.1 Å². The Kier molecular flexibility index (Phi) is 6.34. The van der Waals surface area contributed by atoms with E-state index in [0.29, 0.717) is 12.2 Å². The molecule has 0 heterocycles. The van der Waals surface area contributed by atoms with Gasteiger partial charge in [-0.3, -0.25) is 4.79 Å². The van der Waals surface area contributed by atoms with Gasteiger partial charge in [-0.25, -0.2) is 0 Å². The quantitative estimate of drug-likeness (QED) is 0.603. The molecule has 0 bridgehead atoms. The minimum absolute atomic E-state index is 0.0255. The average molecular weight is 315 g/mol. The van der Waals surface area contributed by atoms with Crippen LogP contribution in [0, 0.1) is 6.92 Å². The van der Waals surface area contributed by atoms with Crippen LogP contribution in [-0.4, -0.2) is 18.8 Å². The Morgan fingerprint density at radius 3 is 2.68 bits per heavy atom. The van der Waals surface area contributed by atoms with Gasteiger partial charge in [0.05, 0.1) is 12.8 Å². The first-order valence-electron chi connectivity index (χ1n) is 7.31. The van der Waals surface area contributed by atoms with Crippen molar-refractivity contribution in [1.29, 1.82) is 0 Å². The number of ether oxygens (including phenoxy) is 1. The number of anilines is 1. The van der Waals surface area contributed by atoms with E-state index in [0.717, 1.165) is 23.4 Å². The molecule has 0 atom stereocenters. The first kappa shape index (κ1) is 16.4. The number of hydrogen-bond donors (Lipinski definition) is 1. The number of hydrogen-bond acceptors (Lipinski definition) is 3. The lowest BCUT2D eigenvalue weighted by Crippen LogP contribution is -2.12. The van der Waals surface area contributed by atoms with Gasteiger partial charge in [-0.2, -0.15) is 0 Å². The summed E-state index contributed by atoms with van der Waals surface area (Å²) >= 11 is 1.77. The standard InChI is InChI=1S/C18H21NO2S/c1-14-10-11-17(21-2)16(13-14)19-18(20)9-6-12-22-15-7-4-3-5-8-15/h3-5,7-8,10-11,13H,6,9,12H2,1-2H3,(H,19,20). The van der Waals surface area contributed by atoms with Crippen LogP contribution < -0.4 is 10.1 Å². The van der Waals surface area contributed by atoms with E-state index < -0.39 is 0 Å². The number of benzene rings is 2. The zero-order valence-corrected chi connectivity index (χ0v) is 13.8. The van der Waals surface area contributed by atoms with Gasteiger partial charge >= 0.3 is 0 Å². The van der Waals surface area contributed by atoms with E-state index >= 15 is 0 Å². The van der Waals surface area contributed by atoms with Crippen molar-refractivity contribution in [3.63, 3.8) is 0 Å². The summed E-state index contributed by atoms with van der Waals surface area (Å²) in [7, 11) is 1.61. The van der Waals surface area contributed by atoms with Gasteiger partial charge in [0.15, 0.2) is 0 Å². The van der Waals surface area contributed by atoms with Crippen molar-refractivity contribution < 1.29 is 9.53 Å². The number of amides is 1. The van der Waals surface area contributed by atoms with Crippen molar-refractivity contribution >= 4 is 23.4 Å². The molecule has 22 heavy (non-hydrogen) atoms. The Morgan fingerprint density at radius 2 is 1.95 bits per heavy atom. The number of aryl methyl sites for hydroxylation is 1. The Hall–Kier alpha value is -1.94. The van der Waals surface area contributed by atoms with E-state index in [1.54, 1.807) is 18.9 Å². The molecule has 0 radical (unpaired) electrons. The Morgan fingerprint density at radius 1 is 1.18 bits per heavy atom. The second kappa shape index (κ2) is 8.49. The molecule has 2 rings (SSSR count). The number of carbonyl (C=O) groups is 1. The fourth-order valence-electron chi connectivity index (χ4n) is 2.07. The Bertz CT molecular complexity index is 614. The highest BCUT2D eigenvalue weighted by Crippen LogP contribution is 2.25. The lowest BCUT2D eigenvalue weighted by Gasteiger charge is -2.11. The predicted molar refractivity (Wildman–Crippen MR) is 92.8 cm³/mol. The summed E-state index contributed by atoms with van der Waals surface area (Å²) in [5.74, 6) is 1.65. The van der Waals surface area contributed by atoms with Gasteiger partial charge in [-0.15, -0.1) is 11.8 Å². The molecule has 1 N–H and O–H groups in total. The molecule has 3 nitrogen and oxygen atoms in total. The van der Waals surface area contributed by atoms with Crippen molar-refractivity contribution in [3.05, 3.63) is 54.1 Å². The topological polar surface area (TPSA) is 38.3 Å². The van der Waals surface area contributed by atoms with Crippen molar-refractivity contribution in [2.45, 2.75) is 24.7 Å². The lowest BCUT2D eigenvalue weighted by atomic mass is 10.2. The second-order valence-electron chi connectivity index (χ2n) is 5.02. The normalized spacial score (nSPS) is 10.3. The Labute approximate surface area is 136 Å². The number of thioether (sulfide) groups is 1. The molecule has 0 saturated carbocycles. The van der Waals surface area contributed by atoms with Gasteiger partial charge in [-0.05, 0) is 48.9 Å². The van der Waals surface area contributed by atoms with E-state index in [-0.39, 0.29) is 5.91 Å². The molecule has 0 saturated heterocycles. The summed E-state index contributed by atoms with van der Waals surface area (Å²) in [5, 5.41) is 2.93. The molecule has 116 valence electrons. The molecule has 2 aromatic rings. The third-order valence-corrected chi connectivity index (χ3v) is 4.29. The number of carbonyl (C=O) groups excluding carboxylic acids is 1. The maximum absolute atomic E-state index is 12.0. The summed E-state index contributed by atoms with van der Waals surface area (Å²) in [6.45, 7) is 1.99. The minimum Gasteiger partial charge on any atom is -0.495 e. The molecule has 0 aromatic heterocycles. The van der Waals surface area contributed by atoms with Crippen molar-refractivity contribution in [2.75, 3.05) is 18.2 Å². The van der Waals surface area contributed by atoms with Gasteiger partial charge in [0.2, 0.25) is 5.91 Å². The molecule has 0 aliphatic carbocycles. The van der Waals surface area contributed by atoms with Crippen molar-refractivity contribution in [3.8, 4) is 5.75 Å². The molecule has 0 unspecified atom stereocenters. The van der Waals surface area contributed by atoms with E-state index in [9.17, 15) is 4.79 Å². The van der Waals surface area contributed by atoms with Crippen molar-refractivity contribution in [1.82, 2.24) is 0 Å². The van der Waals surface area contributed by atoms with Crippen LogP contribution in [0.3, 0.4) is 0 Å². The second-order valence-corrected chi connectivity index (χ2v) is 6.19. The molecule has 0 fully saturated rings. The van der Waals surface area contributed by atoms with Crippen LogP contribution in [0.1, 0.15) is 18.4 Å². The van der Waals surface area contributed by atoms with E-state index in [1.165, 1.54) is 4.90 Å². The highest BCUT2D eigenvalue weighted by molar-refractivity contribution is 7.99. The first-order valence-corrected chi connectivity index (χ1v) is 8.30. The van der Waals surface area contributed by atoms with Gasteiger partial charge in [0.25, 0.3) is 0 Å². The van der Waals surface area contributed by atoms with Crippen molar-refractivity contribution in [2.24, 2.45) is 0 Å². The average Bonchev–Trinajstić information content (AvgIpc) is 2.53. The van der Waals surface area contributed by atoms with Crippen LogP contribution in [0.5, 0.6) is 5.75 Å². The van der Waals surface area contributed by atoms with E-state index in [2.05, 4.69) is 17.4 Å². The lowest BCUT2D eigenvalue weighted by molar-refractivity contribution is -0.116. The van der Waals surface area contributed by atoms with Crippen LogP contribution >= 0.6 is 11.8 Å². The van der Waals surface area contributed by atoms with Gasteiger partial charge in [-0.1, -0.05) is 24.3 Å². The van der Waals surface area contributed by atoms with E-state index in [1.807, 2.05) is 43.3 Å². The SMILES string of the molecule is COc1ccc(C)cc1NC(=O)CCCSc1ccccc1. The molecule has 4 heteroatoms. The molecule has 0 spiro atoms. The highest BCUT2D eigenvalue weighted by atomic mass is 32.2. The fraction of sp³-hybridized carbons (Fsp3) is 0.278. The van der Waals surface area contributed by atoms with Crippen LogP contribution in [0.2, 0.25) is 0 Å². The largest absolute Gasteiger partial charge is 0.495 e. The van der Waals surface area contributed by atoms with Gasteiger partial charge in [0, 0.05) is 11.3 Å². The number of nitrogens with one attached hydrogen (secondary N) is 1. The van der Waals surface area contributed by atoms with E-state index in [4.69, 9.17) is 4.74 Å². The predicted octanol–water partition coefficient (Wildman–Crippen LogP) is 4.51. The minimum atomic E-state index is 0.0255. The highest BCUT2D eigenvalue weighted by Gasteiger charge is 2.07. The fourth-order valence-corrected chi connectivity index (χ4v) is 2.95. The summed E-state index contributed by atoms with van der Waals surface area (Å²) in [6.07, 6.45) is 1.36. The molecule has 1 amide bonds. The molecular formula is C18H21NO2S. The summed E-state index contributed by atoms with van der Waals surface area (Å²) < 4.78 is 5.27. The molecule has 2 aromatic carbocycles. The maximum atomic E-state index is 12.0. The molecule has 0 aliphatic heterocycles. The third-order valence-electron chi connectivity index (χ3n) is 3.19. The number of rotatable bonds is 7. The van der Waals surface area contributed by atoms with Crippen LogP contribution in [-0.2, 0) is 4.79 Å². The van der Waals surface area contributed by atoms with Crippen LogP contribution in [0.4, 0.5) is 5.69 Å².